The molecule has 0 aliphatic rings. The van der Waals surface area contributed by atoms with Crippen LogP contribution >= 0.6 is 0 Å². The molecule has 2 aromatic carbocycles. The molecule has 0 aliphatic heterocycles. The normalized spacial score (nSPS) is 11.7. The van der Waals surface area contributed by atoms with Crippen molar-refractivity contribution >= 4 is 11.0 Å². The van der Waals surface area contributed by atoms with Crippen molar-refractivity contribution < 1.29 is 22.3 Å². The molecule has 0 saturated heterocycles. The second kappa shape index (κ2) is 5.46. The lowest BCUT2D eigenvalue weighted by Gasteiger charge is -2.12. The topological polar surface area (TPSA) is 39.4 Å². The van der Waals surface area contributed by atoms with Gasteiger partial charge < -0.3 is 9.15 Å². The van der Waals surface area contributed by atoms with Gasteiger partial charge in [-0.3, -0.25) is 4.79 Å². The summed E-state index contributed by atoms with van der Waals surface area (Å²) >= 11 is 0. The average Bonchev–Trinajstić information content (AvgIpc) is 2.53. The average molecular weight is 320 g/mol. The van der Waals surface area contributed by atoms with Gasteiger partial charge in [0.1, 0.15) is 22.5 Å². The van der Waals surface area contributed by atoms with E-state index in [2.05, 4.69) is 0 Å². The quantitative estimate of drug-likeness (QED) is 0.698. The van der Waals surface area contributed by atoms with E-state index in [-0.39, 0.29) is 22.3 Å². The second-order valence-electron chi connectivity index (χ2n) is 4.85. The van der Waals surface area contributed by atoms with Crippen molar-refractivity contribution in [2.75, 3.05) is 7.11 Å². The third kappa shape index (κ3) is 2.67. The predicted molar refractivity (Wildman–Crippen MR) is 79.5 cm³/mol. The van der Waals surface area contributed by atoms with E-state index in [0.29, 0.717) is 5.75 Å². The number of ether oxygens (including phenoxy) is 1. The van der Waals surface area contributed by atoms with E-state index >= 15 is 0 Å². The van der Waals surface area contributed by atoms with Crippen LogP contribution in [0, 0.1) is 0 Å². The molecule has 0 spiro atoms. The van der Waals surface area contributed by atoms with Crippen molar-refractivity contribution in [1.29, 1.82) is 0 Å². The molecule has 0 N–H and O–H groups in total. The summed E-state index contributed by atoms with van der Waals surface area (Å²) in [5.41, 5.74) is -1.33. The summed E-state index contributed by atoms with van der Waals surface area (Å²) in [7, 11) is 1.40. The zero-order valence-corrected chi connectivity index (χ0v) is 12.0. The Hall–Kier alpha value is -2.76. The van der Waals surface area contributed by atoms with Crippen molar-refractivity contribution in [3.63, 3.8) is 0 Å². The van der Waals surface area contributed by atoms with Crippen LogP contribution in [0.15, 0.2) is 57.7 Å². The molecule has 1 aromatic heterocycles. The Balaban J connectivity index is 2.30. The maximum atomic E-state index is 13.1. The number of rotatable bonds is 2. The van der Waals surface area contributed by atoms with E-state index in [9.17, 15) is 18.0 Å². The number of alkyl halides is 3. The molecular formula is C17H11F3O3. The van der Waals surface area contributed by atoms with Gasteiger partial charge in [0.25, 0.3) is 0 Å². The number of methoxy groups -OCH3 is 1. The summed E-state index contributed by atoms with van der Waals surface area (Å²) in [6.45, 7) is 0. The van der Waals surface area contributed by atoms with E-state index in [0.717, 1.165) is 12.1 Å². The van der Waals surface area contributed by atoms with Crippen LogP contribution in [-0.2, 0) is 6.18 Å². The van der Waals surface area contributed by atoms with Gasteiger partial charge in [-0.1, -0.05) is 24.3 Å². The molecule has 1 heterocycles. The SMILES string of the molecule is COc1cccc2oc(-c3ccccc3C(F)(F)F)cc(=O)c12. The lowest BCUT2D eigenvalue weighted by atomic mass is 10.0. The van der Waals surface area contributed by atoms with Crippen molar-refractivity contribution in [2.45, 2.75) is 6.18 Å². The number of hydrogen-bond acceptors (Lipinski definition) is 3. The van der Waals surface area contributed by atoms with E-state index in [1.54, 1.807) is 12.1 Å². The lowest BCUT2D eigenvalue weighted by molar-refractivity contribution is -0.137. The summed E-state index contributed by atoms with van der Waals surface area (Å²) in [5.74, 6) is 0.176. The van der Waals surface area contributed by atoms with E-state index in [1.807, 2.05) is 0 Å². The first kappa shape index (κ1) is 15.1. The van der Waals surface area contributed by atoms with Crippen LogP contribution in [0.3, 0.4) is 0 Å². The Kier molecular flexibility index (Phi) is 3.60. The van der Waals surface area contributed by atoms with E-state index in [1.165, 1.54) is 31.4 Å². The molecule has 118 valence electrons. The van der Waals surface area contributed by atoms with Crippen molar-refractivity contribution in [1.82, 2.24) is 0 Å². The van der Waals surface area contributed by atoms with Gasteiger partial charge in [0.2, 0.25) is 0 Å². The van der Waals surface area contributed by atoms with Gasteiger partial charge in [0.15, 0.2) is 5.43 Å². The Morgan fingerprint density at radius 1 is 1.04 bits per heavy atom. The van der Waals surface area contributed by atoms with Gasteiger partial charge in [-0.25, -0.2) is 0 Å². The molecule has 0 amide bonds. The highest BCUT2D eigenvalue weighted by atomic mass is 19.4. The predicted octanol–water partition coefficient (Wildman–Crippen LogP) is 4.49. The molecule has 0 unspecified atom stereocenters. The highest BCUT2D eigenvalue weighted by Crippen LogP contribution is 2.37. The number of halogens is 3. The van der Waals surface area contributed by atoms with Crippen LogP contribution < -0.4 is 10.2 Å². The number of hydrogen-bond donors (Lipinski definition) is 0. The van der Waals surface area contributed by atoms with Crippen LogP contribution in [0.4, 0.5) is 13.2 Å². The molecule has 0 radical (unpaired) electrons. The van der Waals surface area contributed by atoms with E-state index < -0.39 is 17.2 Å². The smallest absolute Gasteiger partial charge is 0.417 e. The van der Waals surface area contributed by atoms with Gasteiger partial charge in [0.05, 0.1) is 12.7 Å². The first-order chi connectivity index (χ1) is 10.9. The second-order valence-corrected chi connectivity index (χ2v) is 4.85. The van der Waals surface area contributed by atoms with Crippen LogP contribution in [0.5, 0.6) is 5.75 Å². The first-order valence-corrected chi connectivity index (χ1v) is 6.69. The minimum atomic E-state index is -4.54. The van der Waals surface area contributed by atoms with Gasteiger partial charge in [-0.15, -0.1) is 0 Å². The molecular weight excluding hydrogens is 309 g/mol. The standard InChI is InChI=1S/C17H11F3O3/c1-22-13-7-4-8-14-16(13)12(21)9-15(23-14)10-5-2-3-6-11(10)17(18,19)20/h2-9H,1H3. The van der Waals surface area contributed by atoms with Gasteiger partial charge in [-0.05, 0) is 18.2 Å². The molecule has 6 heteroatoms. The third-order valence-electron chi connectivity index (χ3n) is 3.43. The first-order valence-electron chi connectivity index (χ1n) is 6.69. The molecule has 3 aromatic rings. The summed E-state index contributed by atoms with van der Waals surface area (Å²) in [6, 6.07) is 10.7. The highest BCUT2D eigenvalue weighted by molar-refractivity contribution is 5.85. The minimum absolute atomic E-state index is 0.135. The number of benzene rings is 2. The van der Waals surface area contributed by atoms with Crippen LogP contribution in [0.1, 0.15) is 5.56 Å². The fourth-order valence-corrected chi connectivity index (χ4v) is 2.43. The maximum Gasteiger partial charge on any atom is 0.417 e. The molecule has 0 bridgehead atoms. The zero-order chi connectivity index (χ0) is 16.6. The van der Waals surface area contributed by atoms with Crippen molar-refractivity contribution in [3.05, 3.63) is 64.3 Å². The summed E-state index contributed by atoms with van der Waals surface area (Å²) in [4.78, 5) is 12.3. The monoisotopic (exact) mass is 320 g/mol. The number of fused-ring (bicyclic) bond motifs is 1. The summed E-state index contributed by atoms with van der Waals surface area (Å²) in [6.07, 6.45) is -4.54. The van der Waals surface area contributed by atoms with E-state index in [4.69, 9.17) is 9.15 Å². The highest BCUT2D eigenvalue weighted by Gasteiger charge is 2.34. The van der Waals surface area contributed by atoms with Crippen LogP contribution in [-0.4, -0.2) is 7.11 Å². The van der Waals surface area contributed by atoms with Crippen molar-refractivity contribution in [3.8, 4) is 17.1 Å². The summed E-state index contributed by atoms with van der Waals surface area (Å²) < 4.78 is 50.0. The Morgan fingerprint density at radius 3 is 2.48 bits per heavy atom. The fraction of sp³-hybridized carbons (Fsp3) is 0.118. The zero-order valence-electron chi connectivity index (χ0n) is 12.0. The Morgan fingerprint density at radius 2 is 1.78 bits per heavy atom. The molecule has 3 nitrogen and oxygen atoms in total. The molecule has 23 heavy (non-hydrogen) atoms. The van der Waals surface area contributed by atoms with Crippen molar-refractivity contribution in [2.24, 2.45) is 0 Å². The van der Waals surface area contributed by atoms with Crippen LogP contribution in [0.25, 0.3) is 22.3 Å². The summed E-state index contributed by atoms with van der Waals surface area (Å²) in [5, 5.41) is 0.197. The van der Waals surface area contributed by atoms with Gasteiger partial charge in [0, 0.05) is 11.6 Å². The minimum Gasteiger partial charge on any atom is -0.496 e. The van der Waals surface area contributed by atoms with Gasteiger partial charge >= 0.3 is 6.18 Å². The third-order valence-corrected chi connectivity index (χ3v) is 3.43. The Bertz CT molecular complexity index is 926. The molecule has 0 saturated carbocycles. The molecule has 0 aliphatic carbocycles. The van der Waals surface area contributed by atoms with Crippen LogP contribution in [0.2, 0.25) is 0 Å². The lowest BCUT2D eigenvalue weighted by Crippen LogP contribution is -2.08. The fourth-order valence-electron chi connectivity index (χ4n) is 2.43. The largest absolute Gasteiger partial charge is 0.496 e. The molecule has 0 fully saturated rings. The maximum absolute atomic E-state index is 13.1. The molecule has 0 atom stereocenters. The molecule has 3 rings (SSSR count). The van der Waals surface area contributed by atoms with Gasteiger partial charge in [-0.2, -0.15) is 13.2 Å². The Labute approximate surface area is 128 Å².